The molecule has 1 N–H and O–H groups in total. The molecule has 0 radical (unpaired) electrons. The molecule has 0 spiro atoms. The fourth-order valence-electron chi connectivity index (χ4n) is 2.23. The molecule has 2 aromatic carbocycles. The fourth-order valence-corrected chi connectivity index (χ4v) is 4.31. The van der Waals surface area contributed by atoms with Gasteiger partial charge in [0.1, 0.15) is 4.90 Å². The molecular formula is C17H19BrN2O5S. The van der Waals surface area contributed by atoms with Crippen molar-refractivity contribution in [3.05, 3.63) is 46.4 Å². The number of ether oxygens (including phenoxy) is 2. The highest BCUT2D eigenvalue weighted by Crippen LogP contribution is 2.36. The van der Waals surface area contributed by atoms with Crippen molar-refractivity contribution in [3.63, 3.8) is 0 Å². The Morgan fingerprint density at radius 1 is 1.08 bits per heavy atom. The van der Waals surface area contributed by atoms with Crippen LogP contribution in [-0.2, 0) is 10.0 Å². The molecule has 0 heterocycles. The number of sulfonamides is 1. The first-order valence-corrected chi connectivity index (χ1v) is 9.73. The zero-order valence-electron chi connectivity index (χ0n) is 14.7. The van der Waals surface area contributed by atoms with Crippen LogP contribution in [0, 0.1) is 0 Å². The van der Waals surface area contributed by atoms with E-state index in [4.69, 9.17) is 9.47 Å². The van der Waals surface area contributed by atoms with Gasteiger partial charge in [-0.25, -0.2) is 8.42 Å². The summed E-state index contributed by atoms with van der Waals surface area (Å²) in [6.45, 7) is 0. The Balaban J connectivity index is 2.41. The van der Waals surface area contributed by atoms with Crippen LogP contribution in [0.1, 0.15) is 10.4 Å². The van der Waals surface area contributed by atoms with E-state index in [1.54, 1.807) is 32.3 Å². The number of nitrogens with zero attached hydrogens (tertiary/aromatic N) is 1. The number of amides is 1. The Hall–Kier alpha value is -2.26. The van der Waals surface area contributed by atoms with E-state index in [0.29, 0.717) is 15.8 Å². The number of nitrogens with one attached hydrogen (secondary N) is 1. The minimum absolute atomic E-state index is 0.0144. The summed E-state index contributed by atoms with van der Waals surface area (Å²) in [7, 11) is 2.21. The Kier molecular flexibility index (Phi) is 6.14. The summed E-state index contributed by atoms with van der Waals surface area (Å²) in [6, 6.07) is 9.15. The van der Waals surface area contributed by atoms with E-state index in [0.717, 1.165) is 0 Å². The Morgan fingerprint density at radius 2 is 1.69 bits per heavy atom. The maximum atomic E-state index is 12.8. The van der Waals surface area contributed by atoms with Crippen LogP contribution in [0.25, 0.3) is 0 Å². The number of anilines is 1. The summed E-state index contributed by atoms with van der Waals surface area (Å²) >= 11 is 3.24. The monoisotopic (exact) mass is 442 g/mol. The molecule has 2 aromatic rings. The van der Waals surface area contributed by atoms with E-state index < -0.39 is 10.0 Å². The van der Waals surface area contributed by atoms with Crippen molar-refractivity contribution in [1.29, 1.82) is 0 Å². The first-order valence-electron chi connectivity index (χ1n) is 7.45. The van der Waals surface area contributed by atoms with E-state index in [-0.39, 0.29) is 22.2 Å². The third kappa shape index (κ3) is 4.28. The van der Waals surface area contributed by atoms with Crippen LogP contribution in [0.15, 0.2) is 45.8 Å². The maximum Gasteiger partial charge on any atom is 0.263 e. The molecule has 0 aromatic heterocycles. The summed E-state index contributed by atoms with van der Waals surface area (Å²) in [5.41, 5.74) is 0.654. The van der Waals surface area contributed by atoms with Crippen LogP contribution in [0.3, 0.4) is 0 Å². The second-order valence-corrected chi connectivity index (χ2v) is 8.03. The van der Waals surface area contributed by atoms with Gasteiger partial charge in [0, 0.05) is 35.9 Å². The average molecular weight is 443 g/mol. The van der Waals surface area contributed by atoms with E-state index in [9.17, 15) is 13.2 Å². The number of carbonyl (C=O) groups is 1. The summed E-state index contributed by atoms with van der Waals surface area (Å²) in [4.78, 5) is 13.5. The summed E-state index contributed by atoms with van der Waals surface area (Å²) in [5.74, 6) is 0.461. The first-order chi connectivity index (χ1) is 12.2. The third-order valence-corrected chi connectivity index (χ3v) is 5.84. The first kappa shape index (κ1) is 20.1. The van der Waals surface area contributed by atoms with Crippen molar-refractivity contribution >= 4 is 37.5 Å². The largest absolute Gasteiger partial charge is 0.493 e. The minimum atomic E-state index is -3.92. The molecule has 26 heavy (non-hydrogen) atoms. The highest BCUT2D eigenvalue weighted by molar-refractivity contribution is 9.10. The zero-order chi connectivity index (χ0) is 19.5. The number of halogens is 1. The number of hydrogen-bond donors (Lipinski definition) is 1. The summed E-state index contributed by atoms with van der Waals surface area (Å²) < 4.78 is 38.7. The zero-order valence-corrected chi connectivity index (χ0v) is 17.1. The third-order valence-electron chi connectivity index (χ3n) is 3.50. The standard InChI is InChI=1S/C17H19BrN2O5S/c1-20(2)17(21)11-6-5-7-12(8-11)19-26(22,23)16-10-15(25-4)14(24-3)9-13(16)18/h5-10,19H,1-4H3. The Bertz CT molecular complexity index is 929. The highest BCUT2D eigenvalue weighted by Gasteiger charge is 2.22. The van der Waals surface area contributed by atoms with Crippen LogP contribution < -0.4 is 14.2 Å². The summed E-state index contributed by atoms with van der Waals surface area (Å²) in [6.07, 6.45) is 0. The number of benzene rings is 2. The van der Waals surface area contributed by atoms with Crippen LogP contribution in [0.5, 0.6) is 11.5 Å². The summed E-state index contributed by atoms with van der Waals surface area (Å²) in [5, 5.41) is 0. The lowest BCUT2D eigenvalue weighted by atomic mass is 10.2. The van der Waals surface area contributed by atoms with Crippen molar-refractivity contribution in [2.75, 3.05) is 33.0 Å². The van der Waals surface area contributed by atoms with E-state index in [1.165, 1.54) is 37.3 Å². The molecule has 2 rings (SSSR count). The number of methoxy groups -OCH3 is 2. The number of rotatable bonds is 6. The maximum absolute atomic E-state index is 12.8. The van der Waals surface area contributed by atoms with E-state index in [1.807, 2.05) is 0 Å². The molecular weight excluding hydrogens is 424 g/mol. The predicted octanol–water partition coefficient (Wildman–Crippen LogP) is 2.97. The molecule has 140 valence electrons. The van der Waals surface area contributed by atoms with Crippen LogP contribution in [0.4, 0.5) is 5.69 Å². The van der Waals surface area contributed by atoms with Crippen molar-refractivity contribution in [1.82, 2.24) is 4.90 Å². The quantitative estimate of drug-likeness (QED) is 0.742. The molecule has 0 fully saturated rings. The lowest BCUT2D eigenvalue weighted by Crippen LogP contribution is -2.22. The molecule has 0 unspecified atom stereocenters. The molecule has 0 saturated carbocycles. The number of hydrogen-bond acceptors (Lipinski definition) is 5. The van der Waals surface area contributed by atoms with Crippen molar-refractivity contribution in [3.8, 4) is 11.5 Å². The van der Waals surface area contributed by atoms with Gasteiger partial charge >= 0.3 is 0 Å². The number of carbonyl (C=O) groups excluding carboxylic acids is 1. The van der Waals surface area contributed by atoms with Crippen LogP contribution >= 0.6 is 15.9 Å². The van der Waals surface area contributed by atoms with Gasteiger partial charge in [-0.15, -0.1) is 0 Å². The van der Waals surface area contributed by atoms with E-state index in [2.05, 4.69) is 20.7 Å². The van der Waals surface area contributed by atoms with E-state index >= 15 is 0 Å². The van der Waals surface area contributed by atoms with Crippen LogP contribution in [-0.4, -0.2) is 47.5 Å². The average Bonchev–Trinajstić information content (AvgIpc) is 2.60. The van der Waals surface area contributed by atoms with Gasteiger partial charge in [0.25, 0.3) is 15.9 Å². The van der Waals surface area contributed by atoms with Crippen molar-refractivity contribution in [2.45, 2.75) is 4.90 Å². The van der Waals surface area contributed by atoms with Gasteiger partial charge in [-0.1, -0.05) is 6.07 Å². The normalized spacial score (nSPS) is 11.0. The molecule has 1 amide bonds. The molecule has 0 atom stereocenters. The van der Waals surface area contributed by atoms with Crippen molar-refractivity contribution in [2.24, 2.45) is 0 Å². The lowest BCUT2D eigenvalue weighted by Gasteiger charge is -2.15. The molecule has 0 aliphatic heterocycles. The predicted molar refractivity (Wildman–Crippen MR) is 103 cm³/mol. The highest BCUT2D eigenvalue weighted by atomic mass is 79.9. The smallest absolute Gasteiger partial charge is 0.263 e. The van der Waals surface area contributed by atoms with Gasteiger partial charge in [0.15, 0.2) is 11.5 Å². The lowest BCUT2D eigenvalue weighted by molar-refractivity contribution is 0.0827. The van der Waals surface area contributed by atoms with Gasteiger partial charge in [-0.2, -0.15) is 0 Å². The molecule has 0 aliphatic carbocycles. The molecule has 0 saturated heterocycles. The molecule has 7 nitrogen and oxygen atoms in total. The minimum Gasteiger partial charge on any atom is -0.493 e. The van der Waals surface area contributed by atoms with Crippen LogP contribution in [0.2, 0.25) is 0 Å². The SMILES string of the molecule is COc1cc(Br)c(S(=O)(=O)Nc2cccc(C(=O)N(C)C)c2)cc1OC. The molecule has 9 heteroatoms. The van der Waals surface area contributed by atoms with Gasteiger partial charge in [-0.3, -0.25) is 9.52 Å². The van der Waals surface area contributed by atoms with Gasteiger partial charge < -0.3 is 14.4 Å². The second-order valence-electron chi connectivity index (χ2n) is 5.52. The topological polar surface area (TPSA) is 84.9 Å². The second kappa shape index (κ2) is 7.96. The Labute approximate surface area is 161 Å². The fraction of sp³-hybridized carbons (Fsp3) is 0.235. The van der Waals surface area contributed by atoms with Gasteiger partial charge in [0.05, 0.1) is 14.2 Å². The van der Waals surface area contributed by atoms with Gasteiger partial charge in [-0.05, 0) is 40.2 Å². The molecule has 0 bridgehead atoms. The Morgan fingerprint density at radius 3 is 2.27 bits per heavy atom. The van der Waals surface area contributed by atoms with Crippen molar-refractivity contribution < 1.29 is 22.7 Å². The van der Waals surface area contributed by atoms with Gasteiger partial charge in [0.2, 0.25) is 0 Å². The molecule has 0 aliphatic rings.